The molecule has 0 atom stereocenters. The molecule has 13 heavy (non-hydrogen) atoms. The normalized spacial score (nSPS) is 10.5. The molecule has 0 amide bonds. The predicted octanol–water partition coefficient (Wildman–Crippen LogP) is 1.46. The fourth-order valence-corrected chi connectivity index (χ4v) is 1.43. The molecule has 0 aliphatic heterocycles. The van der Waals surface area contributed by atoms with E-state index in [1.54, 1.807) is 6.08 Å². The third-order valence-corrected chi connectivity index (χ3v) is 2.00. The predicted molar refractivity (Wildman–Crippen MR) is 51.1 cm³/mol. The molecule has 0 spiro atoms. The highest BCUT2D eigenvalue weighted by atomic mass is 16.5. The zero-order chi connectivity index (χ0) is 9.26. The van der Waals surface area contributed by atoms with Crippen molar-refractivity contribution in [2.75, 3.05) is 0 Å². The Balaban J connectivity index is 2.70. The first-order valence-electron chi connectivity index (χ1n) is 4.11. The first kappa shape index (κ1) is 7.86. The van der Waals surface area contributed by atoms with Gasteiger partial charge in [0, 0.05) is 0 Å². The number of hydrogen-bond donors (Lipinski definition) is 0. The lowest BCUT2D eigenvalue weighted by molar-refractivity contribution is -0.578. The third kappa shape index (κ3) is 1.18. The van der Waals surface area contributed by atoms with Crippen LogP contribution in [0, 0.1) is 5.21 Å². The molecule has 0 N–H and O–H groups in total. The standard InChI is InChI=1S/C10H10N2O/c1-2-7-11-8-12(13)10-6-4-3-5-9(10)11/h2-6,8H,1,7H2. The summed E-state index contributed by atoms with van der Waals surface area (Å²) in [6, 6.07) is 7.51. The minimum atomic E-state index is 0.662. The second kappa shape index (κ2) is 2.94. The van der Waals surface area contributed by atoms with Crippen LogP contribution in [0.4, 0.5) is 0 Å². The molecule has 1 aromatic carbocycles. The molecule has 3 nitrogen and oxygen atoms in total. The van der Waals surface area contributed by atoms with Gasteiger partial charge in [0.05, 0.1) is 0 Å². The summed E-state index contributed by atoms with van der Waals surface area (Å²) in [5.41, 5.74) is 1.64. The number of hydrogen-bond acceptors (Lipinski definition) is 1. The minimum Gasteiger partial charge on any atom is -0.710 e. The molecule has 2 aromatic rings. The Morgan fingerprint density at radius 2 is 2.23 bits per heavy atom. The molecular weight excluding hydrogens is 164 g/mol. The lowest BCUT2D eigenvalue weighted by Gasteiger charge is -1.93. The Labute approximate surface area is 76.1 Å². The van der Waals surface area contributed by atoms with Gasteiger partial charge in [0.1, 0.15) is 6.54 Å². The Morgan fingerprint density at radius 1 is 1.46 bits per heavy atom. The van der Waals surface area contributed by atoms with Gasteiger partial charge in [0.25, 0.3) is 0 Å². The van der Waals surface area contributed by atoms with E-state index in [9.17, 15) is 5.21 Å². The number of para-hydroxylation sites is 2. The topological polar surface area (TPSA) is 31.9 Å². The Morgan fingerprint density at radius 3 is 3.00 bits per heavy atom. The van der Waals surface area contributed by atoms with Gasteiger partial charge in [0.15, 0.2) is 11.0 Å². The molecule has 2 rings (SSSR count). The maximum absolute atomic E-state index is 11.3. The molecule has 66 valence electrons. The van der Waals surface area contributed by atoms with Crippen molar-refractivity contribution in [3.8, 4) is 0 Å². The van der Waals surface area contributed by atoms with Crippen LogP contribution in [-0.4, -0.2) is 4.57 Å². The van der Waals surface area contributed by atoms with Gasteiger partial charge in [-0.2, -0.15) is 0 Å². The lowest BCUT2D eigenvalue weighted by Crippen LogP contribution is -2.23. The molecule has 0 bridgehead atoms. The van der Waals surface area contributed by atoms with Gasteiger partial charge in [-0.15, -0.1) is 0 Å². The fourth-order valence-electron chi connectivity index (χ4n) is 1.43. The summed E-state index contributed by atoms with van der Waals surface area (Å²) in [5, 5.41) is 11.3. The van der Waals surface area contributed by atoms with Gasteiger partial charge in [-0.25, -0.2) is 9.30 Å². The number of fused-ring (bicyclic) bond motifs is 1. The van der Waals surface area contributed by atoms with Crippen LogP contribution in [-0.2, 0) is 6.54 Å². The van der Waals surface area contributed by atoms with E-state index in [2.05, 4.69) is 6.58 Å². The van der Waals surface area contributed by atoms with Crippen LogP contribution in [0.25, 0.3) is 11.0 Å². The fraction of sp³-hybridized carbons (Fsp3) is 0.100. The van der Waals surface area contributed by atoms with E-state index in [0.717, 1.165) is 10.2 Å². The maximum atomic E-state index is 11.3. The van der Waals surface area contributed by atoms with Gasteiger partial charge >= 0.3 is 0 Å². The summed E-state index contributed by atoms with van der Waals surface area (Å²) in [7, 11) is 0. The Bertz CT molecular complexity index is 445. The summed E-state index contributed by atoms with van der Waals surface area (Å²) in [4.78, 5) is 0. The van der Waals surface area contributed by atoms with Gasteiger partial charge in [-0.3, -0.25) is 0 Å². The molecule has 0 fully saturated rings. The van der Waals surface area contributed by atoms with Crippen LogP contribution in [0.3, 0.4) is 0 Å². The van der Waals surface area contributed by atoms with Crippen molar-refractivity contribution in [3.63, 3.8) is 0 Å². The summed E-state index contributed by atoms with van der Waals surface area (Å²) < 4.78 is 2.74. The molecule has 0 unspecified atom stereocenters. The van der Waals surface area contributed by atoms with Gasteiger partial charge < -0.3 is 5.21 Å². The summed E-state index contributed by atoms with van der Waals surface area (Å²) >= 11 is 0. The second-order valence-electron chi connectivity index (χ2n) is 2.87. The number of aromatic nitrogens is 2. The van der Waals surface area contributed by atoms with Gasteiger partial charge in [-0.1, -0.05) is 24.8 Å². The van der Waals surface area contributed by atoms with E-state index in [0.29, 0.717) is 12.1 Å². The zero-order valence-corrected chi connectivity index (χ0v) is 7.18. The number of imidazole rings is 1. The first-order valence-corrected chi connectivity index (χ1v) is 4.11. The van der Waals surface area contributed by atoms with Crippen molar-refractivity contribution in [1.82, 2.24) is 4.57 Å². The van der Waals surface area contributed by atoms with Crippen molar-refractivity contribution in [1.29, 1.82) is 0 Å². The van der Waals surface area contributed by atoms with E-state index in [-0.39, 0.29) is 0 Å². The third-order valence-electron chi connectivity index (χ3n) is 2.00. The van der Waals surface area contributed by atoms with Crippen LogP contribution in [0.2, 0.25) is 0 Å². The van der Waals surface area contributed by atoms with Gasteiger partial charge in [-0.05, 0) is 12.1 Å². The quantitative estimate of drug-likeness (QED) is 0.385. The average Bonchev–Trinajstić information content (AvgIpc) is 2.46. The van der Waals surface area contributed by atoms with Crippen molar-refractivity contribution in [2.45, 2.75) is 6.54 Å². The molecule has 0 radical (unpaired) electrons. The van der Waals surface area contributed by atoms with Crippen molar-refractivity contribution in [2.24, 2.45) is 0 Å². The van der Waals surface area contributed by atoms with E-state index < -0.39 is 0 Å². The molecule has 0 saturated carbocycles. The van der Waals surface area contributed by atoms with Crippen molar-refractivity contribution < 1.29 is 4.73 Å². The van der Waals surface area contributed by atoms with E-state index >= 15 is 0 Å². The maximum Gasteiger partial charge on any atom is 0.248 e. The van der Waals surface area contributed by atoms with Gasteiger partial charge in [0.2, 0.25) is 6.33 Å². The highest BCUT2D eigenvalue weighted by Gasteiger charge is 2.08. The van der Waals surface area contributed by atoms with Crippen LogP contribution >= 0.6 is 0 Å². The summed E-state index contributed by atoms with van der Waals surface area (Å²) in [6.45, 7) is 4.30. The van der Waals surface area contributed by atoms with Crippen LogP contribution in [0.15, 0.2) is 43.2 Å². The number of allylic oxidation sites excluding steroid dienone is 1. The number of rotatable bonds is 2. The highest BCUT2D eigenvalue weighted by molar-refractivity contribution is 5.71. The molecule has 0 aliphatic carbocycles. The molecule has 0 saturated heterocycles. The van der Waals surface area contributed by atoms with Crippen molar-refractivity contribution in [3.05, 3.63) is 48.5 Å². The molecule has 3 heteroatoms. The highest BCUT2D eigenvalue weighted by Crippen LogP contribution is 2.09. The zero-order valence-electron chi connectivity index (χ0n) is 7.18. The average molecular weight is 174 g/mol. The smallest absolute Gasteiger partial charge is 0.248 e. The molecular formula is C10H10N2O. The largest absolute Gasteiger partial charge is 0.710 e. The van der Waals surface area contributed by atoms with Crippen LogP contribution in [0.5, 0.6) is 0 Å². The van der Waals surface area contributed by atoms with E-state index in [1.807, 2.05) is 28.8 Å². The van der Waals surface area contributed by atoms with Crippen molar-refractivity contribution >= 4 is 11.0 Å². The van der Waals surface area contributed by atoms with Crippen LogP contribution in [0.1, 0.15) is 0 Å². The van der Waals surface area contributed by atoms with Crippen LogP contribution < -0.4 is 4.73 Å². The summed E-state index contributed by atoms with van der Waals surface area (Å²) in [6.07, 6.45) is 3.30. The van der Waals surface area contributed by atoms with E-state index in [1.165, 1.54) is 6.33 Å². The number of benzene rings is 1. The minimum absolute atomic E-state index is 0.662. The number of nitrogens with zero attached hydrogens (tertiary/aromatic N) is 2. The molecule has 1 aromatic heterocycles. The summed E-state index contributed by atoms with van der Waals surface area (Å²) in [5.74, 6) is 0. The Kier molecular flexibility index (Phi) is 1.77. The monoisotopic (exact) mass is 174 g/mol. The first-order chi connectivity index (χ1) is 6.33. The second-order valence-corrected chi connectivity index (χ2v) is 2.87. The lowest BCUT2D eigenvalue weighted by atomic mass is 10.3. The molecule has 1 heterocycles. The van der Waals surface area contributed by atoms with E-state index in [4.69, 9.17) is 0 Å². The molecule has 0 aliphatic rings. The SMILES string of the molecule is C=CCn1c[n+]([O-])c2ccccc21. The Hall–Kier alpha value is -1.77.